The van der Waals surface area contributed by atoms with Gasteiger partial charge >= 0.3 is 0 Å². The Labute approximate surface area is 127 Å². The molecule has 0 radical (unpaired) electrons. The molecule has 1 aromatic heterocycles. The molecule has 4 heteroatoms. The molecule has 1 aliphatic rings. The molecule has 1 N–H and O–H groups in total. The van der Waals surface area contributed by atoms with Crippen molar-refractivity contribution in [2.75, 3.05) is 18.0 Å². The van der Waals surface area contributed by atoms with E-state index in [0.29, 0.717) is 5.92 Å². The molecular formula is C17H27N3O. The van der Waals surface area contributed by atoms with Crippen LogP contribution in [-0.4, -0.2) is 30.0 Å². The maximum atomic E-state index is 12.3. The van der Waals surface area contributed by atoms with E-state index >= 15 is 0 Å². The highest BCUT2D eigenvalue weighted by Crippen LogP contribution is 2.22. The number of amides is 1. The van der Waals surface area contributed by atoms with Gasteiger partial charge in [0.15, 0.2) is 0 Å². The maximum absolute atomic E-state index is 12.3. The van der Waals surface area contributed by atoms with Gasteiger partial charge in [-0.3, -0.25) is 4.79 Å². The number of aryl methyl sites for hydroxylation is 1. The minimum Gasteiger partial charge on any atom is -0.357 e. The van der Waals surface area contributed by atoms with Gasteiger partial charge in [0.2, 0.25) is 5.91 Å². The van der Waals surface area contributed by atoms with Gasteiger partial charge in [-0.1, -0.05) is 19.9 Å². The fourth-order valence-corrected chi connectivity index (χ4v) is 2.58. The predicted octanol–water partition coefficient (Wildman–Crippen LogP) is 2.77. The van der Waals surface area contributed by atoms with Crippen molar-refractivity contribution >= 4 is 11.7 Å². The van der Waals surface area contributed by atoms with Gasteiger partial charge in [-0.15, -0.1) is 0 Å². The molecule has 1 aromatic rings. The molecule has 1 saturated heterocycles. The molecule has 0 aliphatic carbocycles. The van der Waals surface area contributed by atoms with Crippen molar-refractivity contribution in [3.63, 3.8) is 0 Å². The Morgan fingerprint density at radius 2 is 1.95 bits per heavy atom. The van der Waals surface area contributed by atoms with E-state index in [9.17, 15) is 4.79 Å². The summed E-state index contributed by atoms with van der Waals surface area (Å²) >= 11 is 0. The fourth-order valence-electron chi connectivity index (χ4n) is 2.58. The van der Waals surface area contributed by atoms with Crippen LogP contribution in [0.4, 0.5) is 5.82 Å². The Balaban J connectivity index is 1.87. The van der Waals surface area contributed by atoms with E-state index in [-0.39, 0.29) is 17.9 Å². The largest absolute Gasteiger partial charge is 0.357 e. The Morgan fingerprint density at radius 3 is 2.52 bits per heavy atom. The highest BCUT2D eigenvalue weighted by Gasteiger charge is 2.26. The van der Waals surface area contributed by atoms with Crippen LogP contribution in [0.2, 0.25) is 0 Å². The first-order chi connectivity index (χ1) is 9.97. The number of hydrogen-bond acceptors (Lipinski definition) is 3. The third-order valence-electron chi connectivity index (χ3n) is 4.43. The summed E-state index contributed by atoms with van der Waals surface area (Å²) in [5.41, 5.74) is 1.04. The highest BCUT2D eigenvalue weighted by atomic mass is 16.1. The second-order valence-corrected chi connectivity index (χ2v) is 6.44. The van der Waals surface area contributed by atoms with Crippen LogP contribution in [0.25, 0.3) is 0 Å². The van der Waals surface area contributed by atoms with Gasteiger partial charge < -0.3 is 10.2 Å². The average Bonchev–Trinajstić information content (AvgIpc) is 2.47. The lowest BCUT2D eigenvalue weighted by Crippen LogP contribution is -2.44. The van der Waals surface area contributed by atoms with Crippen molar-refractivity contribution in [3.8, 4) is 0 Å². The second kappa shape index (κ2) is 6.92. The number of carbonyl (C=O) groups excluding carboxylic acids is 1. The maximum Gasteiger partial charge on any atom is 0.223 e. The molecule has 1 fully saturated rings. The van der Waals surface area contributed by atoms with E-state index in [1.54, 1.807) is 0 Å². The van der Waals surface area contributed by atoms with Crippen molar-refractivity contribution in [2.24, 2.45) is 11.8 Å². The summed E-state index contributed by atoms with van der Waals surface area (Å²) in [6.07, 6.45) is 1.82. The number of rotatable bonds is 4. The summed E-state index contributed by atoms with van der Waals surface area (Å²) in [6, 6.07) is 6.35. The second-order valence-electron chi connectivity index (χ2n) is 6.44. The summed E-state index contributed by atoms with van der Waals surface area (Å²) in [6.45, 7) is 10.2. The van der Waals surface area contributed by atoms with Crippen molar-refractivity contribution in [3.05, 3.63) is 23.9 Å². The third-order valence-corrected chi connectivity index (χ3v) is 4.43. The van der Waals surface area contributed by atoms with E-state index < -0.39 is 0 Å². The lowest BCUT2D eigenvalue weighted by molar-refractivity contribution is -0.126. The van der Waals surface area contributed by atoms with Gasteiger partial charge in [0, 0.05) is 30.7 Å². The monoisotopic (exact) mass is 289 g/mol. The van der Waals surface area contributed by atoms with Crippen LogP contribution in [0, 0.1) is 18.8 Å². The number of anilines is 1. The molecule has 1 aliphatic heterocycles. The summed E-state index contributed by atoms with van der Waals surface area (Å²) in [4.78, 5) is 19.1. The number of nitrogens with zero attached hydrogens (tertiary/aromatic N) is 2. The van der Waals surface area contributed by atoms with E-state index in [4.69, 9.17) is 0 Å². The normalized spacial score (nSPS) is 17.9. The van der Waals surface area contributed by atoms with Gasteiger partial charge in [0.05, 0.1) is 0 Å². The number of carbonyl (C=O) groups is 1. The standard InChI is InChI=1S/C17H27N3O/c1-12(2)14(4)19-17(21)15-8-10-20(11-9-15)16-7-5-6-13(3)18-16/h5-7,12,14-15H,8-11H2,1-4H3,(H,19,21). The lowest BCUT2D eigenvalue weighted by Gasteiger charge is -2.33. The smallest absolute Gasteiger partial charge is 0.223 e. The van der Waals surface area contributed by atoms with Crippen LogP contribution in [0.15, 0.2) is 18.2 Å². The zero-order chi connectivity index (χ0) is 15.4. The zero-order valence-corrected chi connectivity index (χ0v) is 13.6. The summed E-state index contributed by atoms with van der Waals surface area (Å²) in [5, 5.41) is 3.14. The van der Waals surface area contributed by atoms with Gasteiger partial charge in [-0.25, -0.2) is 4.98 Å². The van der Waals surface area contributed by atoms with E-state index in [2.05, 4.69) is 36.0 Å². The van der Waals surface area contributed by atoms with Gasteiger partial charge in [-0.2, -0.15) is 0 Å². The van der Waals surface area contributed by atoms with Crippen molar-refractivity contribution in [1.82, 2.24) is 10.3 Å². The molecule has 0 bridgehead atoms. The first-order valence-corrected chi connectivity index (χ1v) is 7.96. The number of aromatic nitrogens is 1. The van der Waals surface area contributed by atoms with Gasteiger partial charge in [0.1, 0.15) is 5.82 Å². The molecule has 4 nitrogen and oxygen atoms in total. The first-order valence-electron chi connectivity index (χ1n) is 7.96. The van der Waals surface area contributed by atoms with Crippen molar-refractivity contribution < 1.29 is 4.79 Å². The molecule has 1 atom stereocenters. The van der Waals surface area contributed by atoms with Crippen LogP contribution in [0.5, 0.6) is 0 Å². The van der Waals surface area contributed by atoms with Crippen LogP contribution in [0.3, 0.4) is 0 Å². The molecule has 1 unspecified atom stereocenters. The number of hydrogen-bond donors (Lipinski definition) is 1. The minimum atomic E-state index is 0.146. The number of piperidine rings is 1. The molecule has 116 valence electrons. The SMILES string of the molecule is Cc1cccc(N2CCC(C(=O)NC(C)C(C)C)CC2)n1. The van der Waals surface area contributed by atoms with E-state index in [0.717, 1.165) is 37.4 Å². The summed E-state index contributed by atoms with van der Waals surface area (Å²) < 4.78 is 0. The Kier molecular flexibility index (Phi) is 5.21. The Hall–Kier alpha value is -1.58. The van der Waals surface area contributed by atoms with Gasteiger partial charge in [-0.05, 0) is 44.7 Å². The van der Waals surface area contributed by atoms with Gasteiger partial charge in [0.25, 0.3) is 0 Å². The zero-order valence-electron chi connectivity index (χ0n) is 13.6. The topological polar surface area (TPSA) is 45.2 Å². The predicted molar refractivity (Wildman–Crippen MR) is 86.4 cm³/mol. The van der Waals surface area contributed by atoms with Crippen LogP contribution in [-0.2, 0) is 4.79 Å². The van der Waals surface area contributed by atoms with Crippen LogP contribution in [0.1, 0.15) is 39.3 Å². The highest BCUT2D eigenvalue weighted by molar-refractivity contribution is 5.79. The third kappa shape index (κ3) is 4.19. The molecule has 2 rings (SSSR count). The molecule has 2 heterocycles. The quantitative estimate of drug-likeness (QED) is 0.927. The van der Waals surface area contributed by atoms with E-state index in [1.165, 1.54) is 0 Å². The van der Waals surface area contributed by atoms with Crippen molar-refractivity contribution in [2.45, 2.75) is 46.6 Å². The van der Waals surface area contributed by atoms with Crippen LogP contribution < -0.4 is 10.2 Å². The van der Waals surface area contributed by atoms with Crippen LogP contribution >= 0.6 is 0 Å². The van der Waals surface area contributed by atoms with Crippen molar-refractivity contribution in [1.29, 1.82) is 0 Å². The molecule has 0 saturated carbocycles. The number of nitrogens with one attached hydrogen (secondary N) is 1. The average molecular weight is 289 g/mol. The first kappa shape index (κ1) is 15.8. The number of pyridine rings is 1. The molecule has 1 amide bonds. The molecule has 21 heavy (non-hydrogen) atoms. The minimum absolute atomic E-state index is 0.146. The lowest BCUT2D eigenvalue weighted by atomic mass is 9.95. The Bertz CT molecular complexity index is 479. The Morgan fingerprint density at radius 1 is 1.29 bits per heavy atom. The van der Waals surface area contributed by atoms with E-state index in [1.807, 2.05) is 25.1 Å². The summed E-state index contributed by atoms with van der Waals surface area (Å²) in [7, 11) is 0. The molecule has 0 spiro atoms. The molecule has 0 aromatic carbocycles. The summed E-state index contributed by atoms with van der Waals surface area (Å²) in [5.74, 6) is 1.87. The molecular weight excluding hydrogens is 262 g/mol. The fraction of sp³-hybridized carbons (Fsp3) is 0.647.